The van der Waals surface area contributed by atoms with Crippen molar-refractivity contribution in [1.29, 1.82) is 0 Å². The molecule has 0 atom stereocenters. The van der Waals surface area contributed by atoms with E-state index < -0.39 is 0 Å². The summed E-state index contributed by atoms with van der Waals surface area (Å²) in [6.07, 6.45) is 0.948. The number of hydrogen-bond donors (Lipinski definition) is 1. The van der Waals surface area contributed by atoms with Gasteiger partial charge in [0.25, 0.3) is 5.91 Å². The van der Waals surface area contributed by atoms with Gasteiger partial charge < -0.3 is 10.1 Å². The number of hydrogen-bond acceptors (Lipinski definition) is 2. The number of rotatable bonds is 5. The molecule has 116 valence electrons. The molecule has 0 aromatic heterocycles. The normalized spacial score (nSPS) is 10.4. The van der Waals surface area contributed by atoms with E-state index in [1.165, 1.54) is 5.56 Å². The molecule has 0 spiro atoms. The molecule has 0 saturated carbocycles. The molecule has 0 radical (unpaired) electrons. The van der Waals surface area contributed by atoms with E-state index in [0.29, 0.717) is 16.5 Å². The summed E-state index contributed by atoms with van der Waals surface area (Å²) < 4.78 is 7.14. The number of carbonyl (C=O) groups is 1. The van der Waals surface area contributed by atoms with Crippen LogP contribution in [0.2, 0.25) is 5.02 Å². The van der Waals surface area contributed by atoms with Gasteiger partial charge >= 0.3 is 0 Å². The second kappa shape index (κ2) is 7.99. The molecule has 0 aliphatic carbocycles. The molecule has 6 heteroatoms. The van der Waals surface area contributed by atoms with Gasteiger partial charge in [-0.15, -0.1) is 0 Å². The van der Waals surface area contributed by atoms with Crippen LogP contribution in [-0.4, -0.2) is 12.5 Å². The molecule has 1 N–H and O–H groups in total. The van der Waals surface area contributed by atoms with E-state index in [9.17, 15) is 4.79 Å². The summed E-state index contributed by atoms with van der Waals surface area (Å²) in [5, 5.41) is 3.28. The van der Waals surface area contributed by atoms with Crippen molar-refractivity contribution < 1.29 is 9.53 Å². The largest absolute Gasteiger partial charge is 0.483 e. The maximum absolute atomic E-state index is 11.9. The third kappa shape index (κ3) is 4.73. The van der Waals surface area contributed by atoms with Crippen molar-refractivity contribution in [3.05, 3.63) is 55.9 Å². The number of carbonyl (C=O) groups excluding carboxylic acids is 1. The van der Waals surface area contributed by atoms with E-state index >= 15 is 0 Å². The van der Waals surface area contributed by atoms with Crippen molar-refractivity contribution in [3.8, 4) is 5.75 Å². The fourth-order valence-electron chi connectivity index (χ4n) is 1.80. The highest BCUT2D eigenvalue weighted by Crippen LogP contribution is 2.27. The second-order valence-electron chi connectivity index (χ2n) is 4.58. The molecule has 0 bridgehead atoms. The van der Waals surface area contributed by atoms with E-state index in [1.54, 1.807) is 18.2 Å². The maximum atomic E-state index is 11.9. The van der Waals surface area contributed by atoms with Gasteiger partial charge in [0.05, 0.1) is 9.50 Å². The fourth-order valence-corrected chi connectivity index (χ4v) is 2.76. The van der Waals surface area contributed by atoms with Gasteiger partial charge in [0.2, 0.25) is 0 Å². The zero-order chi connectivity index (χ0) is 16.1. The smallest absolute Gasteiger partial charge is 0.262 e. The Hall–Kier alpha value is -1.04. The van der Waals surface area contributed by atoms with Gasteiger partial charge in [0.1, 0.15) is 5.75 Å². The van der Waals surface area contributed by atoms with Crippen molar-refractivity contribution in [2.24, 2.45) is 0 Å². The van der Waals surface area contributed by atoms with Crippen molar-refractivity contribution in [2.45, 2.75) is 13.3 Å². The average Bonchev–Trinajstić information content (AvgIpc) is 2.49. The number of halogens is 3. The average molecular weight is 448 g/mol. The van der Waals surface area contributed by atoms with Crippen LogP contribution in [0.4, 0.5) is 5.69 Å². The number of ether oxygens (including phenoxy) is 1. The number of aryl methyl sites for hydroxylation is 1. The van der Waals surface area contributed by atoms with E-state index in [-0.39, 0.29) is 12.5 Å². The molecule has 0 fully saturated rings. The minimum Gasteiger partial charge on any atom is -0.483 e. The molecular formula is C16H14Br2ClNO2. The third-order valence-corrected chi connectivity index (χ3v) is 4.82. The predicted molar refractivity (Wildman–Crippen MR) is 96.8 cm³/mol. The lowest BCUT2D eigenvalue weighted by Crippen LogP contribution is -2.20. The van der Waals surface area contributed by atoms with Crippen LogP contribution in [-0.2, 0) is 11.2 Å². The topological polar surface area (TPSA) is 38.3 Å². The third-order valence-electron chi connectivity index (χ3n) is 2.97. The summed E-state index contributed by atoms with van der Waals surface area (Å²) in [6, 6.07) is 11.0. The van der Waals surface area contributed by atoms with Crippen molar-refractivity contribution >= 4 is 55.1 Å². The number of nitrogens with one attached hydrogen (secondary N) is 1. The van der Waals surface area contributed by atoms with Crippen LogP contribution in [0.15, 0.2) is 45.3 Å². The van der Waals surface area contributed by atoms with Gasteiger partial charge in [-0.2, -0.15) is 0 Å². The molecule has 0 aliphatic heterocycles. The highest BCUT2D eigenvalue weighted by atomic mass is 79.9. The fraction of sp³-hybridized carbons (Fsp3) is 0.188. The van der Waals surface area contributed by atoms with E-state index in [4.69, 9.17) is 16.3 Å². The first-order valence-electron chi connectivity index (χ1n) is 6.65. The summed E-state index contributed by atoms with van der Waals surface area (Å²) in [5.74, 6) is 0.394. The summed E-state index contributed by atoms with van der Waals surface area (Å²) in [6.45, 7) is 2.01. The van der Waals surface area contributed by atoms with Crippen LogP contribution >= 0.6 is 43.5 Å². The minimum atomic E-state index is -0.246. The zero-order valence-corrected chi connectivity index (χ0v) is 15.8. The molecule has 22 heavy (non-hydrogen) atoms. The zero-order valence-electron chi connectivity index (χ0n) is 11.8. The molecule has 2 aromatic rings. The van der Waals surface area contributed by atoms with Crippen LogP contribution in [0.3, 0.4) is 0 Å². The van der Waals surface area contributed by atoms with Gasteiger partial charge in [-0.1, -0.05) is 24.6 Å². The Balaban J connectivity index is 1.93. The molecule has 0 heterocycles. The number of anilines is 1. The predicted octanol–water partition coefficient (Wildman–Crippen LogP) is 5.44. The molecular weight excluding hydrogens is 433 g/mol. The van der Waals surface area contributed by atoms with Gasteiger partial charge in [0.15, 0.2) is 6.61 Å². The highest BCUT2D eigenvalue weighted by Gasteiger charge is 2.08. The summed E-state index contributed by atoms with van der Waals surface area (Å²) in [7, 11) is 0. The monoisotopic (exact) mass is 445 g/mol. The first-order chi connectivity index (χ1) is 10.5. The molecule has 2 rings (SSSR count). The summed E-state index contributed by atoms with van der Waals surface area (Å²) in [4.78, 5) is 11.9. The van der Waals surface area contributed by atoms with E-state index in [2.05, 4.69) is 44.1 Å². The van der Waals surface area contributed by atoms with Crippen LogP contribution < -0.4 is 10.1 Å². The van der Waals surface area contributed by atoms with Gasteiger partial charge in [-0.25, -0.2) is 0 Å². The quantitative estimate of drug-likeness (QED) is 0.662. The second-order valence-corrected chi connectivity index (χ2v) is 6.70. The van der Waals surface area contributed by atoms with E-state index in [0.717, 1.165) is 15.4 Å². The van der Waals surface area contributed by atoms with Crippen LogP contribution in [0.1, 0.15) is 12.5 Å². The Morgan fingerprint density at radius 1 is 1.18 bits per heavy atom. The SMILES string of the molecule is CCc1ccc(OCC(=O)Nc2ccc(Br)c(Cl)c2)c(Br)c1. The summed E-state index contributed by atoms with van der Waals surface area (Å²) in [5.41, 5.74) is 1.83. The molecule has 0 aliphatic rings. The molecule has 3 nitrogen and oxygen atoms in total. The van der Waals surface area contributed by atoms with Gasteiger partial charge in [0, 0.05) is 10.2 Å². The molecule has 0 saturated heterocycles. The Labute approximate surface area is 151 Å². The maximum Gasteiger partial charge on any atom is 0.262 e. The first kappa shape index (κ1) is 17.3. The Morgan fingerprint density at radius 3 is 2.59 bits per heavy atom. The highest BCUT2D eigenvalue weighted by molar-refractivity contribution is 9.10. The molecule has 0 unspecified atom stereocenters. The Kier molecular flexibility index (Phi) is 6.29. The number of benzene rings is 2. The van der Waals surface area contributed by atoms with Crippen LogP contribution in [0.25, 0.3) is 0 Å². The summed E-state index contributed by atoms with van der Waals surface area (Å²) >= 11 is 12.7. The van der Waals surface area contributed by atoms with E-state index in [1.807, 2.05) is 18.2 Å². The molecule has 2 aromatic carbocycles. The lowest BCUT2D eigenvalue weighted by Gasteiger charge is -2.10. The van der Waals surface area contributed by atoms with Crippen molar-refractivity contribution in [3.63, 3.8) is 0 Å². The van der Waals surface area contributed by atoms with Crippen molar-refractivity contribution in [2.75, 3.05) is 11.9 Å². The van der Waals surface area contributed by atoms with Gasteiger partial charge in [-0.3, -0.25) is 4.79 Å². The lowest BCUT2D eigenvalue weighted by molar-refractivity contribution is -0.118. The first-order valence-corrected chi connectivity index (χ1v) is 8.62. The Morgan fingerprint density at radius 2 is 1.95 bits per heavy atom. The Bertz CT molecular complexity index is 692. The minimum absolute atomic E-state index is 0.0717. The molecule has 1 amide bonds. The van der Waals surface area contributed by atoms with Crippen LogP contribution in [0.5, 0.6) is 5.75 Å². The van der Waals surface area contributed by atoms with Crippen LogP contribution in [0, 0.1) is 0 Å². The van der Waals surface area contributed by atoms with Crippen molar-refractivity contribution in [1.82, 2.24) is 0 Å². The number of amides is 1. The lowest BCUT2D eigenvalue weighted by atomic mass is 10.2. The van der Waals surface area contributed by atoms with Gasteiger partial charge in [-0.05, 0) is 74.2 Å². The standard InChI is InChI=1S/C16H14Br2ClNO2/c1-2-10-3-6-15(13(18)7-10)22-9-16(21)20-11-4-5-12(17)14(19)8-11/h3-8H,2,9H2,1H3,(H,20,21).